The Morgan fingerprint density at radius 2 is 0.636 bits per heavy atom. The zero-order valence-corrected chi connectivity index (χ0v) is 73.2. The average molecular weight is 1590 g/mol. The van der Waals surface area contributed by atoms with Crippen LogP contribution in [-0.2, 0) is 27.1 Å². The lowest BCUT2D eigenvalue weighted by Crippen LogP contribution is -2.26. The van der Waals surface area contributed by atoms with E-state index in [2.05, 4.69) is 311 Å². The highest BCUT2D eigenvalue weighted by Gasteiger charge is 2.51. The van der Waals surface area contributed by atoms with E-state index in [9.17, 15) is 0 Å². The molecule has 0 saturated carbocycles. The first-order valence-electron chi connectivity index (χ1n) is 46.8. The maximum atomic E-state index is 7.53. The molecule has 4 nitrogen and oxygen atoms in total. The first kappa shape index (κ1) is 77.4. The number of anilines is 3. The molecule has 5 aliphatic rings. The van der Waals surface area contributed by atoms with Crippen LogP contribution in [-0.4, -0.2) is 0 Å². The summed E-state index contributed by atoms with van der Waals surface area (Å²) in [7, 11) is 0. The number of fused-ring (bicyclic) bond motifs is 28. The fourth-order valence-electron chi connectivity index (χ4n) is 24.4. The Morgan fingerprint density at radius 1 is 0.248 bits per heavy atom. The Balaban J connectivity index is 0.725. The summed E-state index contributed by atoms with van der Waals surface area (Å²) < 4.78 is 21.6. The lowest BCUT2D eigenvalue weighted by atomic mass is 9.70. The molecule has 13 aromatic carbocycles. The third-order valence-corrected chi connectivity index (χ3v) is 30.4. The van der Waals surface area contributed by atoms with Crippen molar-refractivity contribution in [3.8, 4) is 77.9 Å². The Hall–Kier alpha value is -10.9. The van der Waals surface area contributed by atoms with Crippen LogP contribution in [0.4, 0.5) is 17.1 Å². The number of para-hydroxylation sites is 3. The minimum absolute atomic E-state index is 0.0180. The van der Waals surface area contributed by atoms with Crippen molar-refractivity contribution in [1.82, 2.24) is 0 Å². The number of unbranched alkanes of at least 4 members (excludes halogenated alkanes) is 16. The molecule has 5 aliphatic carbocycles. The number of nitrogens with zero attached hydrogens (tertiary/aromatic N) is 1. The monoisotopic (exact) mass is 1580 g/mol. The quantitative estimate of drug-likeness (QED) is 0.0438. The van der Waals surface area contributed by atoms with Crippen molar-refractivity contribution in [3.05, 3.63) is 292 Å². The van der Waals surface area contributed by atoms with Crippen molar-refractivity contribution in [1.29, 1.82) is 0 Å². The summed E-state index contributed by atoms with van der Waals surface area (Å²) in [5.41, 5.74) is 40.4. The molecular formula is C117H117NO3. The van der Waals surface area contributed by atoms with Gasteiger partial charge in [0.2, 0.25) is 0 Å². The van der Waals surface area contributed by atoms with E-state index in [0.717, 1.165) is 87.0 Å². The largest absolute Gasteiger partial charge is 0.456 e. The maximum absolute atomic E-state index is 7.53. The molecule has 16 aromatic rings. The van der Waals surface area contributed by atoms with Crippen molar-refractivity contribution in [2.75, 3.05) is 4.90 Å². The van der Waals surface area contributed by atoms with Crippen LogP contribution in [0, 0.1) is 0 Å². The van der Waals surface area contributed by atoms with Gasteiger partial charge in [-0.2, -0.15) is 0 Å². The van der Waals surface area contributed by atoms with Crippen molar-refractivity contribution >= 4 is 82.9 Å². The van der Waals surface area contributed by atoms with Crippen LogP contribution in [0.1, 0.15) is 279 Å². The van der Waals surface area contributed by atoms with Crippen LogP contribution in [0.25, 0.3) is 144 Å². The minimum Gasteiger partial charge on any atom is -0.456 e. The van der Waals surface area contributed by atoms with Gasteiger partial charge in [0.25, 0.3) is 0 Å². The first-order valence-corrected chi connectivity index (χ1v) is 46.8. The highest BCUT2D eigenvalue weighted by Crippen LogP contribution is 2.66. The number of furan rings is 3. The standard InChI is InChI=1S/C117H117NO3/c1-11-15-19-23-37-64-116(65-38-24-20-16-12-2)91-48-33-27-42-79(91)82-60-55-75(69-95(82)116)74-54-59-80-81-61-56-76(70-93(81)113(5,6)92(80)68-74)89-73-97-103(106-87-45-30-35-51-100(87)120-111(89)106)85-63-58-78(72-96(85)117(97,66-39-25-21-17-13-3)67-40-26-22-18-14-4)118(98-49-41-53-102-104(98)86-44-29-34-50-99(86)119-102)77-57-62-84-94(71-77)115(9,10)109-105(84)107-88-46-31-36-52-101(88)121-112(107)108-83-43-28-32-47-90(83)114(7,8)110(108)109/h27-36,41-63,68-73H,11-26,37-40,64-67H2,1-10H3. The summed E-state index contributed by atoms with van der Waals surface area (Å²) in [6.45, 7) is 24.3. The molecule has 608 valence electrons. The SMILES string of the molecule is CCCCCCCC1(CCCCCCC)c2ccccc2-c2ccc(-c3ccc4c(c3)C(C)(C)c3cc(-c5cc6c(c7c5oc5ccccc57)-c5ccc(N(c7ccc8c(c7)C(C)(C)c7c9c(c%10oc%11ccccc%11c%10c7-8)-c7ccccc7C9(C)C)c7cccc8oc9ccccc9c78)cc5C6(CCCCCCC)CCCCCCC)ccc3-4)cc21. The summed E-state index contributed by atoms with van der Waals surface area (Å²) in [5.74, 6) is 0. The summed E-state index contributed by atoms with van der Waals surface area (Å²) in [5, 5.41) is 7.03. The lowest BCUT2D eigenvalue weighted by molar-refractivity contribution is 0.399. The molecule has 0 fully saturated rings. The third kappa shape index (κ3) is 12.0. The molecule has 0 bridgehead atoms. The molecule has 21 rings (SSSR count). The molecule has 0 unspecified atom stereocenters. The van der Waals surface area contributed by atoms with Gasteiger partial charge in [0.15, 0.2) is 0 Å². The second kappa shape index (κ2) is 30.3. The number of rotatable bonds is 29. The fraction of sp³-hybridized carbons (Fsp3) is 0.333. The van der Waals surface area contributed by atoms with E-state index in [4.69, 9.17) is 13.3 Å². The van der Waals surface area contributed by atoms with E-state index in [0.29, 0.717) is 0 Å². The molecule has 121 heavy (non-hydrogen) atoms. The molecule has 0 atom stereocenters. The lowest BCUT2D eigenvalue weighted by Gasteiger charge is -2.35. The predicted molar refractivity (Wildman–Crippen MR) is 512 cm³/mol. The smallest absolute Gasteiger partial charge is 0.144 e. The molecule has 0 amide bonds. The highest BCUT2D eigenvalue weighted by atomic mass is 16.3. The molecule has 4 heteroatoms. The fourth-order valence-corrected chi connectivity index (χ4v) is 24.4. The molecule has 0 aliphatic heterocycles. The number of benzene rings is 13. The maximum Gasteiger partial charge on any atom is 0.144 e. The zero-order chi connectivity index (χ0) is 82.3. The van der Waals surface area contributed by atoms with Crippen LogP contribution >= 0.6 is 0 Å². The highest BCUT2D eigenvalue weighted by molar-refractivity contribution is 6.22. The van der Waals surface area contributed by atoms with Gasteiger partial charge in [-0.3, -0.25) is 0 Å². The molecule has 0 spiro atoms. The molecule has 0 saturated heterocycles. The van der Waals surface area contributed by atoms with E-state index in [1.807, 2.05) is 0 Å². The Bertz CT molecular complexity index is 6760. The summed E-state index contributed by atoms with van der Waals surface area (Å²) in [4.78, 5) is 2.62. The van der Waals surface area contributed by atoms with Gasteiger partial charge >= 0.3 is 0 Å². The van der Waals surface area contributed by atoms with Gasteiger partial charge in [-0.15, -0.1) is 0 Å². The van der Waals surface area contributed by atoms with Crippen molar-refractivity contribution < 1.29 is 13.3 Å². The summed E-state index contributed by atoms with van der Waals surface area (Å²) >= 11 is 0. The predicted octanol–water partition coefficient (Wildman–Crippen LogP) is 35.1. The summed E-state index contributed by atoms with van der Waals surface area (Å²) in [6, 6.07) is 92.2. The third-order valence-electron chi connectivity index (χ3n) is 30.4. The van der Waals surface area contributed by atoms with Crippen molar-refractivity contribution in [2.45, 2.75) is 250 Å². The van der Waals surface area contributed by atoms with E-state index < -0.39 is 5.41 Å². The van der Waals surface area contributed by atoms with Crippen LogP contribution in [0.2, 0.25) is 0 Å². The number of hydrogen-bond donors (Lipinski definition) is 0. The van der Waals surface area contributed by atoms with E-state index in [1.54, 1.807) is 11.1 Å². The number of hydrogen-bond acceptors (Lipinski definition) is 4. The van der Waals surface area contributed by atoms with Gasteiger partial charge in [-0.25, -0.2) is 0 Å². The van der Waals surface area contributed by atoms with Gasteiger partial charge in [0, 0.05) is 76.5 Å². The van der Waals surface area contributed by atoms with Gasteiger partial charge in [-0.1, -0.05) is 355 Å². The van der Waals surface area contributed by atoms with Crippen LogP contribution in [0.5, 0.6) is 0 Å². The van der Waals surface area contributed by atoms with E-state index >= 15 is 0 Å². The first-order chi connectivity index (χ1) is 59.1. The van der Waals surface area contributed by atoms with E-state index in [-0.39, 0.29) is 21.7 Å². The average Bonchev–Trinajstić information content (AvgIpc) is 1.50. The molecule has 3 aromatic heterocycles. The zero-order valence-electron chi connectivity index (χ0n) is 73.2. The Morgan fingerprint density at radius 3 is 1.22 bits per heavy atom. The van der Waals surface area contributed by atoms with Crippen molar-refractivity contribution in [3.63, 3.8) is 0 Å². The second-order valence-electron chi connectivity index (χ2n) is 38.6. The molecular weight excluding hydrogens is 1470 g/mol. The molecule has 0 radical (unpaired) electrons. The van der Waals surface area contributed by atoms with Gasteiger partial charge in [0.1, 0.15) is 33.5 Å². The minimum atomic E-state index is -0.412. The van der Waals surface area contributed by atoms with Crippen LogP contribution in [0.3, 0.4) is 0 Å². The second-order valence-corrected chi connectivity index (χ2v) is 38.6. The van der Waals surface area contributed by atoms with Crippen LogP contribution in [0.15, 0.2) is 250 Å². The van der Waals surface area contributed by atoms with Gasteiger partial charge < -0.3 is 18.2 Å². The van der Waals surface area contributed by atoms with Crippen LogP contribution < -0.4 is 4.90 Å². The molecule has 3 heterocycles. The van der Waals surface area contributed by atoms with E-state index in [1.165, 1.54) is 272 Å². The van der Waals surface area contributed by atoms with Gasteiger partial charge in [-0.05, 0) is 227 Å². The topological polar surface area (TPSA) is 42.7 Å². The normalized spacial score (nSPS) is 15.3. The van der Waals surface area contributed by atoms with Gasteiger partial charge in [0.05, 0.1) is 11.1 Å². The summed E-state index contributed by atoms with van der Waals surface area (Å²) in [6.07, 6.45) is 29.6. The molecule has 0 N–H and O–H groups in total. The van der Waals surface area contributed by atoms with Crippen molar-refractivity contribution in [2.24, 2.45) is 0 Å². The Kier molecular flexibility index (Phi) is 19.4. The Labute approximate surface area is 716 Å².